The van der Waals surface area contributed by atoms with Crippen molar-refractivity contribution in [1.82, 2.24) is 9.88 Å². The molecule has 2 N–H and O–H groups in total. The van der Waals surface area contributed by atoms with Crippen LogP contribution in [0, 0.1) is 5.92 Å². The second-order valence-electron chi connectivity index (χ2n) is 5.63. The van der Waals surface area contributed by atoms with Gasteiger partial charge in [-0.3, -0.25) is 9.88 Å². The van der Waals surface area contributed by atoms with Crippen LogP contribution in [-0.2, 0) is 0 Å². The van der Waals surface area contributed by atoms with Gasteiger partial charge in [-0.1, -0.05) is 25.8 Å². The van der Waals surface area contributed by atoms with E-state index >= 15 is 0 Å². The first-order valence-corrected chi connectivity index (χ1v) is 7.70. The Morgan fingerprint density at radius 3 is 2.95 bits per heavy atom. The van der Waals surface area contributed by atoms with E-state index in [-0.39, 0.29) is 0 Å². The molecule has 3 heteroatoms. The first-order chi connectivity index (χ1) is 9.35. The zero-order valence-electron chi connectivity index (χ0n) is 12.1. The number of hydrogen-bond donors (Lipinski definition) is 1. The molecule has 0 bridgehead atoms. The van der Waals surface area contributed by atoms with Crippen molar-refractivity contribution in [2.24, 2.45) is 11.7 Å². The van der Waals surface area contributed by atoms with Crippen LogP contribution in [0.4, 0.5) is 0 Å². The number of aromatic nitrogens is 1. The van der Waals surface area contributed by atoms with Crippen molar-refractivity contribution in [2.45, 2.75) is 45.1 Å². The van der Waals surface area contributed by atoms with Crippen LogP contribution in [0.15, 0.2) is 24.4 Å². The zero-order valence-corrected chi connectivity index (χ0v) is 12.1. The topological polar surface area (TPSA) is 42.1 Å². The molecule has 1 aromatic rings. The second-order valence-corrected chi connectivity index (χ2v) is 5.63. The Labute approximate surface area is 117 Å². The molecule has 2 atom stereocenters. The number of hydrogen-bond acceptors (Lipinski definition) is 3. The van der Waals surface area contributed by atoms with Crippen molar-refractivity contribution < 1.29 is 0 Å². The molecule has 1 aromatic heterocycles. The van der Waals surface area contributed by atoms with Gasteiger partial charge < -0.3 is 5.73 Å². The van der Waals surface area contributed by atoms with Crippen LogP contribution in [0.3, 0.4) is 0 Å². The lowest BCUT2D eigenvalue weighted by Crippen LogP contribution is -2.35. The molecule has 0 aliphatic carbocycles. The first kappa shape index (κ1) is 14.5. The molecular weight excluding hydrogens is 234 g/mol. The van der Waals surface area contributed by atoms with Gasteiger partial charge in [-0.2, -0.15) is 0 Å². The molecule has 0 aromatic carbocycles. The maximum Gasteiger partial charge on any atom is 0.0644 e. The predicted molar refractivity (Wildman–Crippen MR) is 79.9 cm³/mol. The van der Waals surface area contributed by atoms with Gasteiger partial charge in [0.15, 0.2) is 0 Å². The van der Waals surface area contributed by atoms with Gasteiger partial charge in [0.25, 0.3) is 0 Å². The van der Waals surface area contributed by atoms with Crippen LogP contribution >= 0.6 is 0 Å². The van der Waals surface area contributed by atoms with E-state index in [1.165, 1.54) is 45.2 Å². The Balaban J connectivity index is 1.99. The van der Waals surface area contributed by atoms with Gasteiger partial charge in [0, 0.05) is 12.7 Å². The first-order valence-electron chi connectivity index (χ1n) is 7.70. The largest absolute Gasteiger partial charge is 0.329 e. The maximum atomic E-state index is 6.00. The van der Waals surface area contributed by atoms with Gasteiger partial charge in [0.05, 0.1) is 11.7 Å². The highest BCUT2D eigenvalue weighted by molar-refractivity contribution is 5.09. The number of nitrogens with two attached hydrogens (primary N) is 1. The summed E-state index contributed by atoms with van der Waals surface area (Å²) in [5.41, 5.74) is 7.12. The minimum atomic E-state index is 0.293. The lowest BCUT2D eigenvalue weighted by Gasteiger charge is -2.29. The number of nitrogens with zero attached hydrogens (tertiary/aromatic N) is 2. The van der Waals surface area contributed by atoms with E-state index in [0.29, 0.717) is 12.6 Å². The highest BCUT2D eigenvalue weighted by atomic mass is 15.2. The summed E-state index contributed by atoms with van der Waals surface area (Å²) in [6.45, 7) is 5.29. The molecule has 1 saturated heterocycles. The molecule has 0 amide bonds. The third-order valence-electron chi connectivity index (χ3n) is 4.27. The van der Waals surface area contributed by atoms with E-state index in [0.717, 1.165) is 11.6 Å². The Bertz CT molecular complexity index is 352. The van der Waals surface area contributed by atoms with Gasteiger partial charge in [0.2, 0.25) is 0 Å². The lowest BCUT2D eigenvalue weighted by atomic mass is 9.96. The summed E-state index contributed by atoms with van der Waals surface area (Å²) in [5, 5.41) is 0. The molecule has 3 nitrogen and oxygen atoms in total. The molecule has 0 radical (unpaired) electrons. The van der Waals surface area contributed by atoms with Gasteiger partial charge in [-0.15, -0.1) is 0 Å². The average molecular weight is 261 g/mol. The second kappa shape index (κ2) is 7.61. The predicted octanol–water partition coefficient (Wildman–Crippen LogP) is 2.98. The van der Waals surface area contributed by atoms with Gasteiger partial charge in [-0.25, -0.2) is 0 Å². The van der Waals surface area contributed by atoms with Gasteiger partial charge in [-0.05, 0) is 50.4 Å². The number of pyridine rings is 1. The molecule has 1 aliphatic rings. The summed E-state index contributed by atoms with van der Waals surface area (Å²) in [6, 6.07) is 6.42. The fourth-order valence-corrected chi connectivity index (χ4v) is 3.23. The molecule has 0 saturated carbocycles. The number of rotatable bonds is 5. The molecule has 2 rings (SSSR count). The van der Waals surface area contributed by atoms with Gasteiger partial charge in [0.1, 0.15) is 0 Å². The summed E-state index contributed by atoms with van der Waals surface area (Å²) in [7, 11) is 0. The molecular formula is C16H27N3. The minimum absolute atomic E-state index is 0.293. The third kappa shape index (κ3) is 4.02. The van der Waals surface area contributed by atoms with Crippen LogP contribution in [-0.4, -0.2) is 29.5 Å². The highest BCUT2D eigenvalue weighted by Gasteiger charge is 2.23. The van der Waals surface area contributed by atoms with Crippen LogP contribution < -0.4 is 5.73 Å². The van der Waals surface area contributed by atoms with E-state index in [2.05, 4.69) is 28.9 Å². The molecule has 2 heterocycles. The Morgan fingerprint density at radius 2 is 2.26 bits per heavy atom. The Kier molecular flexibility index (Phi) is 5.80. The monoisotopic (exact) mass is 261 g/mol. The molecule has 1 aliphatic heterocycles. The van der Waals surface area contributed by atoms with E-state index in [4.69, 9.17) is 5.73 Å². The SMILES string of the molecule is CCCC1CCCN(C(CN)c2ccccn2)CC1. The van der Waals surface area contributed by atoms with Crippen molar-refractivity contribution in [2.75, 3.05) is 19.6 Å². The van der Waals surface area contributed by atoms with Crippen LogP contribution in [0.2, 0.25) is 0 Å². The van der Waals surface area contributed by atoms with Crippen molar-refractivity contribution >= 4 is 0 Å². The molecule has 106 valence electrons. The van der Waals surface area contributed by atoms with E-state index in [1.807, 2.05) is 12.3 Å². The van der Waals surface area contributed by atoms with Crippen molar-refractivity contribution in [3.8, 4) is 0 Å². The highest BCUT2D eigenvalue weighted by Crippen LogP contribution is 2.26. The lowest BCUT2D eigenvalue weighted by molar-refractivity contribution is 0.203. The average Bonchev–Trinajstić information content (AvgIpc) is 2.68. The summed E-state index contributed by atoms with van der Waals surface area (Å²) in [6.07, 6.45) is 8.56. The van der Waals surface area contributed by atoms with Crippen molar-refractivity contribution in [3.63, 3.8) is 0 Å². The molecule has 0 spiro atoms. The minimum Gasteiger partial charge on any atom is -0.329 e. The van der Waals surface area contributed by atoms with Crippen molar-refractivity contribution in [3.05, 3.63) is 30.1 Å². The fraction of sp³-hybridized carbons (Fsp3) is 0.688. The molecule has 19 heavy (non-hydrogen) atoms. The molecule has 2 unspecified atom stereocenters. The third-order valence-corrected chi connectivity index (χ3v) is 4.27. The standard InChI is InChI=1S/C16H27N3/c1-2-6-14-7-5-11-19(12-9-14)16(13-17)15-8-3-4-10-18-15/h3-4,8,10,14,16H,2,5-7,9,11-13,17H2,1H3. The summed E-state index contributed by atoms with van der Waals surface area (Å²) in [5.74, 6) is 0.914. The molecule has 1 fully saturated rings. The van der Waals surface area contributed by atoms with Crippen LogP contribution in [0.5, 0.6) is 0 Å². The van der Waals surface area contributed by atoms with E-state index in [9.17, 15) is 0 Å². The Morgan fingerprint density at radius 1 is 1.37 bits per heavy atom. The smallest absolute Gasteiger partial charge is 0.0644 e. The normalized spacial score (nSPS) is 22.9. The van der Waals surface area contributed by atoms with Crippen LogP contribution in [0.25, 0.3) is 0 Å². The quantitative estimate of drug-likeness (QED) is 0.886. The summed E-state index contributed by atoms with van der Waals surface area (Å²) in [4.78, 5) is 7.03. The Hall–Kier alpha value is -0.930. The summed E-state index contributed by atoms with van der Waals surface area (Å²) >= 11 is 0. The van der Waals surface area contributed by atoms with Crippen molar-refractivity contribution in [1.29, 1.82) is 0 Å². The van der Waals surface area contributed by atoms with E-state index < -0.39 is 0 Å². The summed E-state index contributed by atoms with van der Waals surface area (Å²) < 4.78 is 0. The van der Waals surface area contributed by atoms with Gasteiger partial charge >= 0.3 is 0 Å². The fourth-order valence-electron chi connectivity index (χ4n) is 3.23. The maximum absolute atomic E-state index is 6.00. The van der Waals surface area contributed by atoms with E-state index in [1.54, 1.807) is 0 Å². The van der Waals surface area contributed by atoms with Crippen LogP contribution in [0.1, 0.15) is 50.8 Å². The zero-order chi connectivity index (χ0) is 13.5. The number of likely N-dealkylation sites (tertiary alicyclic amines) is 1.